The van der Waals surface area contributed by atoms with Crippen molar-refractivity contribution in [2.24, 2.45) is 0 Å². The summed E-state index contributed by atoms with van der Waals surface area (Å²) in [7, 11) is 0. The Hall–Kier alpha value is -16.6. The molecule has 21 aromatic carbocycles. The van der Waals surface area contributed by atoms with E-state index in [-0.39, 0.29) is 0 Å². The zero-order valence-corrected chi connectivity index (χ0v) is 71.3. The summed E-state index contributed by atoms with van der Waals surface area (Å²) >= 11 is 0. The lowest BCUT2D eigenvalue weighted by atomic mass is 9.66. The lowest BCUT2D eigenvalue weighted by Gasteiger charge is -2.35. The molecule has 0 spiro atoms. The highest BCUT2D eigenvalue weighted by Crippen LogP contribution is 2.61. The molecule has 1 aromatic heterocycles. The number of furan rings is 1. The Balaban J connectivity index is 0.807. The fourth-order valence-corrected chi connectivity index (χ4v) is 20.0. The molecule has 1 nitrogen and oxygen atoms in total. The highest BCUT2D eigenvalue weighted by Gasteiger charge is 2.48. The van der Waals surface area contributed by atoms with E-state index in [1.54, 1.807) is 0 Å². The molecule has 0 unspecified atom stereocenters. The van der Waals surface area contributed by atoms with Gasteiger partial charge in [0, 0.05) is 10.8 Å². The van der Waals surface area contributed by atoms with Gasteiger partial charge in [0.15, 0.2) is 0 Å². The van der Waals surface area contributed by atoms with Crippen LogP contribution in [-0.4, -0.2) is 0 Å². The van der Waals surface area contributed by atoms with Gasteiger partial charge in [-0.25, -0.2) is 0 Å². The first kappa shape index (κ1) is 77.2. The van der Waals surface area contributed by atoms with E-state index in [2.05, 4.69) is 510 Å². The summed E-state index contributed by atoms with van der Waals surface area (Å²) in [5.74, 6) is 0. The van der Waals surface area contributed by atoms with Crippen molar-refractivity contribution in [3.05, 3.63) is 531 Å². The van der Waals surface area contributed by atoms with Crippen molar-refractivity contribution >= 4 is 21.9 Å². The van der Waals surface area contributed by atoms with Crippen molar-refractivity contribution in [3.63, 3.8) is 0 Å². The van der Waals surface area contributed by atoms with Crippen LogP contribution in [0.2, 0.25) is 0 Å². The maximum absolute atomic E-state index is 7.06. The molecule has 0 radical (unpaired) electrons. The Morgan fingerprint density at radius 2 is 0.364 bits per heavy atom. The third-order valence-electron chi connectivity index (χ3n) is 26.2. The number of para-hydroxylation sites is 1. The van der Waals surface area contributed by atoms with E-state index in [0.717, 1.165) is 167 Å². The first-order chi connectivity index (χ1) is 63.7. The number of rotatable bonds is 18. The molecule has 22 aromatic rings. The predicted octanol–water partition coefficient (Wildman–Crippen LogP) is 34.9. The number of hydrogen-bond donors (Lipinski definition) is 0. The molecule has 0 atom stereocenters. The van der Waals surface area contributed by atoms with Crippen LogP contribution in [0.5, 0.6) is 0 Å². The van der Waals surface area contributed by atoms with E-state index in [4.69, 9.17) is 4.42 Å². The summed E-state index contributed by atoms with van der Waals surface area (Å²) in [5, 5.41) is 2.18. The molecule has 1 heterocycles. The first-order valence-corrected chi connectivity index (χ1v) is 44.6. The Kier molecular flexibility index (Phi) is 19.9. The average Bonchev–Trinajstić information content (AvgIpc) is 1.49. The van der Waals surface area contributed by atoms with Crippen LogP contribution in [0.3, 0.4) is 0 Å². The van der Waals surface area contributed by atoms with E-state index in [1.807, 2.05) is 0 Å². The Labute approximate surface area is 753 Å². The van der Waals surface area contributed by atoms with E-state index < -0.39 is 5.41 Å². The quantitative estimate of drug-likeness (QED) is 0.0834. The molecule has 604 valence electrons. The molecular weight excluding hydrogens is 1550 g/mol. The molecule has 1 aliphatic carbocycles. The van der Waals surface area contributed by atoms with Gasteiger partial charge in [0.2, 0.25) is 0 Å². The molecular formula is C128H86O. The molecule has 129 heavy (non-hydrogen) atoms. The number of aryl methyl sites for hydroxylation is 1. The maximum Gasteiger partial charge on any atom is 0.136 e. The summed E-state index contributed by atoms with van der Waals surface area (Å²) in [6.45, 7) is 2.25. The van der Waals surface area contributed by atoms with Gasteiger partial charge in [-0.1, -0.05) is 363 Å². The average molecular weight is 1640 g/mol. The summed E-state index contributed by atoms with van der Waals surface area (Å²) in [6.07, 6.45) is 0. The van der Waals surface area contributed by atoms with Crippen LogP contribution < -0.4 is 0 Å². The standard InChI is InChI=1S/C128H86O/c1-85-58-59-122-121(62-85)126-123(60-61-125-127(126)120-56-26-27-57-124(120)129-125)128(122,118-81-114(98-52-28-48-94(63-98)110-71-102(86-32-10-2-11-33-86)67-103(72-110)87-34-12-3-13-35-87)79-115(82-118)99-53-29-49-95(64-99)111-73-104(88-36-14-4-15-37-88)68-105(74-111)89-38-16-5-17-39-89)119-83-116(100-54-30-50-96(65-100)112-75-106(90-40-18-6-19-41-90)69-107(76-112)91-42-20-7-21-43-91)80-117(84-119)101-55-31-51-97(66-101)113-77-108(92-44-22-8-23-45-92)70-109(78-113)93-46-24-9-25-47-93/h2-84H,1H3. The lowest BCUT2D eigenvalue weighted by molar-refractivity contribution is 0.668. The normalized spacial score (nSPS) is 12.0. The van der Waals surface area contributed by atoms with Gasteiger partial charge in [0.1, 0.15) is 11.2 Å². The highest BCUT2D eigenvalue weighted by atomic mass is 16.3. The monoisotopic (exact) mass is 1640 g/mol. The third-order valence-corrected chi connectivity index (χ3v) is 26.2. The third kappa shape index (κ3) is 14.8. The zero-order valence-electron chi connectivity index (χ0n) is 71.3. The van der Waals surface area contributed by atoms with E-state index in [0.29, 0.717) is 0 Å². The Morgan fingerprint density at radius 3 is 0.628 bits per heavy atom. The minimum Gasteiger partial charge on any atom is -0.456 e. The second-order valence-electron chi connectivity index (χ2n) is 34.3. The number of hydrogen-bond acceptors (Lipinski definition) is 1. The van der Waals surface area contributed by atoms with Crippen LogP contribution in [0.1, 0.15) is 27.8 Å². The van der Waals surface area contributed by atoms with Gasteiger partial charge < -0.3 is 4.42 Å². The van der Waals surface area contributed by atoms with Crippen LogP contribution in [0.15, 0.2) is 508 Å². The van der Waals surface area contributed by atoms with Crippen molar-refractivity contribution in [1.29, 1.82) is 0 Å². The van der Waals surface area contributed by atoms with Gasteiger partial charge >= 0.3 is 0 Å². The molecule has 0 amide bonds. The summed E-state index contributed by atoms with van der Waals surface area (Å²) in [5.41, 5.74) is 45.1. The van der Waals surface area contributed by atoms with E-state index >= 15 is 0 Å². The van der Waals surface area contributed by atoms with Gasteiger partial charge in [-0.3, -0.25) is 0 Å². The second-order valence-corrected chi connectivity index (χ2v) is 34.3. The fraction of sp³-hybridized carbons (Fsp3) is 0.0156. The minimum absolute atomic E-state index is 0.848. The van der Waals surface area contributed by atoms with Gasteiger partial charge in [-0.05, 0) is 364 Å². The van der Waals surface area contributed by atoms with Crippen molar-refractivity contribution in [2.75, 3.05) is 0 Å². The van der Waals surface area contributed by atoms with Crippen LogP contribution >= 0.6 is 0 Å². The molecule has 23 rings (SSSR count). The molecule has 1 aliphatic rings. The minimum atomic E-state index is -1.04. The summed E-state index contributed by atoms with van der Waals surface area (Å²) in [6, 6.07) is 188. The van der Waals surface area contributed by atoms with Gasteiger partial charge in [-0.2, -0.15) is 0 Å². The molecule has 0 bridgehead atoms. The Morgan fingerprint density at radius 1 is 0.155 bits per heavy atom. The van der Waals surface area contributed by atoms with Gasteiger partial charge in [0.05, 0.1) is 5.41 Å². The topological polar surface area (TPSA) is 13.1 Å². The second kappa shape index (κ2) is 33.2. The maximum atomic E-state index is 7.06. The SMILES string of the molecule is Cc1ccc2c(c1)-c1c(ccc3oc4ccccc4c13)C2(c1cc(-c2cccc(-c3cc(-c4ccccc4)cc(-c4ccccc4)c3)c2)cc(-c2cccc(-c3cc(-c4ccccc4)cc(-c4ccccc4)c3)c2)c1)c1cc(-c2cccc(-c3cc(-c4ccccc4)cc(-c4ccccc4)c3)c2)cc(-c2cccc(-c3cc(-c4ccccc4)cc(-c4ccccc4)c3)c2)c1. The molecule has 0 saturated heterocycles. The molecule has 0 aliphatic heterocycles. The van der Waals surface area contributed by atoms with E-state index in [1.165, 1.54) is 72.3 Å². The lowest BCUT2D eigenvalue weighted by Crippen LogP contribution is -2.29. The molecule has 0 saturated carbocycles. The highest BCUT2D eigenvalue weighted by molar-refractivity contribution is 6.16. The fourth-order valence-electron chi connectivity index (χ4n) is 20.0. The first-order valence-electron chi connectivity index (χ1n) is 44.6. The van der Waals surface area contributed by atoms with E-state index in [9.17, 15) is 0 Å². The number of benzene rings is 21. The van der Waals surface area contributed by atoms with Gasteiger partial charge in [0.25, 0.3) is 0 Å². The van der Waals surface area contributed by atoms with Crippen LogP contribution in [0.25, 0.3) is 211 Å². The Bertz CT molecular complexity index is 6990. The van der Waals surface area contributed by atoms with Crippen LogP contribution in [-0.2, 0) is 5.41 Å². The largest absolute Gasteiger partial charge is 0.456 e. The number of fused-ring (bicyclic) bond motifs is 7. The molecule has 1 heteroatoms. The smallest absolute Gasteiger partial charge is 0.136 e. The zero-order chi connectivity index (χ0) is 85.7. The van der Waals surface area contributed by atoms with Crippen molar-refractivity contribution in [2.45, 2.75) is 12.3 Å². The predicted molar refractivity (Wildman–Crippen MR) is 543 cm³/mol. The van der Waals surface area contributed by atoms with Crippen LogP contribution in [0.4, 0.5) is 0 Å². The van der Waals surface area contributed by atoms with Crippen molar-refractivity contribution in [3.8, 4) is 189 Å². The summed E-state index contributed by atoms with van der Waals surface area (Å²) < 4.78 is 7.06. The van der Waals surface area contributed by atoms with Gasteiger partial charge in [-0.15, -0.1) is 0 Å². The van der Waals surface area contributed by atoms with Crippen molar-refractivity contribution < 1.29 is 4.42 Å². The van der Waals surface area contributed by atoms with Crippen LogP contribution in [0, 0.1) is 6.92 Å². The molecule has 0 fully saturated rings. The summed E-state index contributed by atoms with van der Waals surface area (Å²) in [4.78, 5) is 0. The molecule has 0 N–H and O–H groups in total. The van der Waals surface area contributed by atoms with Crippen molar-refractivity contribution in [1.82, 2.24) is 0 Å².